The largest absolute Gasteiger partial charge is 0.476 e. The van der Waals surface area contributed by atoms with Gasteiger partial charge >= 0.3 is 5.97 Å². The Hall–Kier alpha value is -3.23. The summed E-state index contributed by atoms with van der Waals surface area (Å²) < 4.78 is 1.34. The molecule has 1 aliphatic rings. The van der Waals surface area contributed by atoms with E-state index in [4.69, 9.17) is 5.11 Å². The number of carbonyl (C=O) groups is 3. The molecule has 1 saturated heterocycles. The highest BCUT2D eigenvalue weighted by Gasteiger charge is 2.33. The van der Waals surface area contributed by atoms with Crippen molar-refractivity contribution < 1.29 is 19.5 Å². The molecule has 2 heterocycles. The van der Waals surface area contributed by atoms with Crippen molar-refractivity contribution in [1.29, 1.82) is 0 Å². The first kappa shape index (κ1) is 20.5. The Bertz CT molecular complexity index is 931. The highest BCUT2D eigenvalue weighted by atomic mass is 16.4. The molecule has 3 rings (SSSR count). The molecule has 0 aliphatic carbocycles. The fourth-order valence-electron chi connectivity index (χ4n) is 3.31. The number of hydrogen-bond acceptors (Lipinski definition) is 5. The molecule has 0 radical (unpaired) electrons. The summed E-state index contributed by atoms with van der Waals surface area (Å²) in [5, 5.41) is 19.3. The van der Waals surface area contributed by atoms with Crippen LogP contribution in [-0.2, 0) is 9.59 Å². The van der Waals surface area contributed by atoms with Crippen LogP contribution in [0, 0.1) is 11.3 Å². The normalized spacial score (nSPS) is 17.1. The molecule has 0 bridgehead atoms. The second kappa shape index (κ2) is 8.02. The van der Waals surface area contributed by atoms with Crippen molar-refractivity contribution in [2.75, 3.05) is 18.4 Å². The van der Waals surface area contributed by atoms with Gasteiger partial charge in [0.2, 0.25) is 11.8 Å². The zero-order valence-corrected chi connectivity index (χ0v) is 16.8. The minimum Gasteiger partial charge on any atom is -0.476 e. The number of likely N-dealkylation sites (tertiary alicyclic amines) is 1. The lowest BCUT2D eigenvalue weighted by atomic mass is 9.91. The van der Waals surface area contributed by atoms with Crippen LogP contribution < -0.4 is 5.32 Å². The summed E-state index contributed by atoms with van der Waals surface area (Å²) in [6.45, 7) is 6.72. The maximum Gasteiger partial charge on any atom is 0.358 e. The summed E-state index contributed by atoms with van der Waals surface area (Å²) in [6.07, 6.45) is 2.82. The minimum atomic E-state index is -1.16. The highest BCUT2D eigenvalue weighted by molar-refractivity contribution is 5.93. The van der Waals surface area contributed by atoms with Crippen LogP contribution in [0.2, 0.25) is 0 Å². The number of anilines is 1. The molecule has 1 fully saturated rings. The Morgan fingerprint density at radius 3 is 2.66 bits per heavy atom. The summed E-state index contributed by atoms with van der Waals surface area (Å²) in [4.78, 5) is 38.0. The molecule has 2 aromatic rings. The fourth-order valence-corrected chi connectivity index (χ4v) is 3.31. The van der Waals surface area contributed by atoms with Crippen molar-refractivity contribution in [3.05, 3.63) is 36.2 Å². The van der Waals surface area contributed by atoms with Crippen LogP contribution >= 0.6 is 0 Å². The van der Waals surface area contributed by atoms with Crippen molar-refractivity contribution in [2.45, 2.75) is 33.6 Å². The third kappa shape index (κ3) is 4.79. The number of nitrogens with zero attached hydrogens (tertiary/aromatic N) is 4. The van der Waals surface area contributed by atoms with Gasteiger partial charge in [0.05, 0.1) is 17.8 Å². The van der Waals surface area contributed by atoms with E-state index >= 15 is 0 Å². The van der Waals surface area contributed by atoms with Gasteiger partial charge in [0.25, 0.3) is 0 Å². The Balaban J connectivity index is 1.69. The third-order valence-corrected chi connectivity index (χ3v) is 4.81. The molecule has 2 N–H and O–H groups in total. The fraction of sp³-hybridized carbons (Fsp3) is 0.450. The lowest BCUT2D eigenvalue weighted by molar-refractivity contribution is -0.142. The molecule has 2 amide bonds. The van der Waals surface area contributed by atoms with Crippen molar-refractivity contribution >= 4 is 23.5 Å². The van der Waals surface area contributed by atoms with E-state index in [-0.39, 0.29) is 23.4 Å². The van der Waals surface area contributed by atoms with Gasteiger partial charge in [0, 0.05) is 24.2 Å². The van der Waals surface area contributed by atoms with Crippen molar-refractivity contribution in [1.82, 2.24) is 19.9 Å². The molecule has 9 nitrogen and oxygen atoms in total. The monoisotopic (exact) mass is 399 g/mol. The maximum absolute atomic E-state index is 12.8. The number of amides is 2. The number of carbonyl (C=O) groups excluding carboxylic acids is 2. The SMILES string of the molecule is CC(C)(C)C(=O)N1CCCC(C(=O)Nc2cccc(-n3cc(C(=O)O)nn3)c2)C1. The van der Waals surface area contributed by atoms with E-state index in [1.54, 1.807) is 29.2 Å². The molecule has 1 aromatic heterocycles. The van der Waals surface area contributed by atoms with E-state index in [1.165, 1.54) is 10.9 Å². The molecule has 1 unspecified atom stereocenters. The number of hydrogen-bond donors (Lipinski definition) is 2. The number of carboxylic acid groups (broad SMARTS) is 1. The van der Waals surface area contributed by atoms with Gasteiger partial charge in [-0.1, -0.05) is 32.1 Å². The van der Waals surface area contributed by atoms with Crippen LogP contribution in [0.15, 0.2) is 30.5 Å². The quantitative estimate of drug-likeness (QED) is 0.814. The number of aromatic carboxylic acids is 1. The van der Waals surface area contributed by atoms with Crippen LogP contribution in [-0.4, -0.2) is 55.9 Å². The zero-order chi connectivity index (χ0) is 21.2. The second-order valence-corrected chi connectivity index (χ2v) is 8.23. The predicted octanol–water partition coefficient (Wildman–Crippen LogP) is 2.19. The van der Waals surface area contributed by atoms with Gasteiger partial charge in [-0.05, 0) is 31.0 Å². The van der Waals surface area contributed by atoms with Crippen molar-refractivity contribution in [2.24, 2.45) is 11.3 Å². The lowest BCUT2D eigenvalue weighted by Crippen LogP contribution is -2.47. The smallest absolute Gasteiger partial charge is 0.358 e. The van der Waals surface area contributed by atoms with Gasteiger partial charge in [0.15, 0.2) is 5.69 Å². The van der Waals surface area contributed by atoms with Crippen LogP contribution in [0.1, 0.15) is 44.1 Å². The van der Waals surface area contributed by atoms with E-state index in [0.29, 0.717) is 24.5 Å². The number of aromatic nitrogens is 3. The number of piperidine rings is 1. The Morgan fingerprint density at radius 1 is 1.24 bits per heavy atom. The first-order valence-corrected chi connectivity index (χ1v) is 9.51. The van der Waals surface area contributed by atoms with Crippen molar-refractivity contribution in [3.63, 3.8) is 0 Å². The molecule has 154 valence electrons. The van der Waals surface area contributed by atoms with Gasteiger partial charge in [-0.15, -0.1) is 5.10 Å². The predicted molar refractivity (Wildman–Crippen MR) is 106 cm³/mol. The van der Waals surface area contributed by atoms with Gasteiger partial charge in [-0.2, -0.15) is 0 Å². The number of carboxylic acids is 1. The molecule has 0 saturated carbocycles. The molecule has 1 atom stereocenters. The van der Waals surface area contributed by atoms with Crippen LogP contribution in [0.25, 0.3) is 5.69 Å². The number of benzene rings is 1. The lowest BCUT2D eigenvalue weighted by Gasteiger charge is -2.35. The standard InChI is InChI=1S/C20H25N5O4/c1-20(2,3)19(29)24-9-5-6-13(11-24)17(26)21-14-7-4-8-15(10-14)25-12-16(18(27)28)22-23-25/h4,7-8,10,12-13H,5-6,9,11H2,1-3H3,(H,21,26)(H,27,28). The highest BCUT2D eigenvalue weighted by Crippen LogP contribution is 2.24. The van der Waals surface area contributed by atoms with Gasteiger partial charge in [-0.3, -0.25) is 9.59 Å². The molecule has 29 heavy (non-hydrogen) atoms. The Morgan fingerprint density at radius 2 is 2.00 bits per heavy atom. The summed E-state index contributed by atoms with van der Waals surface area (Å²) in [5.41, 5.74) is 0.514. The average Bonchev–Trinajstić information content (AvgIpc) is 3.17. The first-order valence-electron chi connectivity index (χ1n) is 9.51. The Labute approximate surface area is 168 Å². The third-order valence-electron chi connectivity index (χ3n) is 4.81. The summed E-state index contributed by atoms with van der Waals surface area (Å²) in [6, 6.07) is 6.92. The molecule has 0 spiro atoms. The summed E-state index contributed by atoms with van der Waals surface area (Å²) in [5.74, 6) is -1.52. The average molecular weight is 399 g/mol. The van der Waals surface area contributed by atoms with Crippen LogP contribution in [0.4, 0.5) is 5.69 Å². The molecule has 1 aliphatic heterocycles. The van der Waals surface area contributed by atoms with E-state index in [9.17, 15) is 14.4 Å². The number of nitrogens with one attached hydrogen (secondary N) is 1. The second-order valence-electron chi connectivity index (χ2n) is 8.23. The van der Waals surface area contributed by atoms with Gasteiger partial charge in [-0.25, -0.2) is 9.48 Å². The van der Waals surface area contributed by atoms with Crippen molar-refractivity contribution in [3.8, 4) is 5.69 Å². The van der Waals surface area contributed by atoms with E-state index in [0.717, 1.165) is 12.8 Å². The zero-order valence-electron chi connectivity index (χ0n) is 16.8. The van der Waals surface area contributed by atoms with Gasteiger partial charge < -0.3 is 15.3 Å². The molecule has 9 heteroatoms. The summed E-state index contributed by atoms with van der Waals surface area (Å²) >= 11 is 0. The molecular weight excluding hydrogens is 374 g/mol. The van der Waals surface area contributed by atoms with E-state index in [1.807, 2.05) is 20.8 Å². The molecular formula is C20H25N5O4. The Kier molecular flexibility index (Phi) is 5.67. The van der Waals surface area contributed by atoms with Gasteiger partial charge in [0.1, 0.15) is 0 Å². The minimum absolute atomic E-state index is 0.0532. The maximum atomic E-state index is 12.8. The molecule has 1 aromatic carbocycles. The van der Waals surface area contributed by atoms with Crippen LogP contribution in [0.5, 0.6) is 0 Å². The van der Waals surface area contributed by atoms with E-state index in [2.05, 4.69) is 15.6 Å². The summed E-state index contributed by atoms with van der Waals surface area (Å²) in [7, 11) is 0. The van der Waals surface area contributed by atoms with Crippen LogP contribution in [0.3, 0.4) is 0 Å². The first-order chi connectivity index (χ1) is 13.6. The van der Waals surface area contributed by atoms with E-state index < -0.39 is 11.4 Å². The number of rotatable bonds is 4. The topological polar surface area (TPSA) is 117 Å².